The summed E-state index contributed by atoms with van der Waals surface area (Å²) >= 11 is 0. The molecule has 11 aromatic carbocycles. The van der Waals surface area contributed by atoms with Gasteiger partial charge in [0.15, 0.2) is 0 Å². The summed E-state index contributed by atoms with van der Waals surface area (Å²) in [6.07, 6.45) is 0. The highest BCUT2D eigenvalue weighted by Crippen LogP contribution is 2.55. The van der Waals surface area contributed by atoms with Crippen LogP contribution in [0.5, 0.6) is 0 Å². The molecule has 0 aliphatic heterocycles. The lowest BCUT2D eigenvalue weighted by atomic mass is 9.89. The maximum atomic E-state index is 2.62. The first-order chi connectivity index (χ1) is 36.8. The first kappa shape index (κ1) is 43.4. The number of rotatable bonds is 9. The number of benzene rings is 11. The van der Waals surface area contributed by atoms with E-state index < -0.39 is 8.07 Å². The van der Waals surface area contributed by atoms with Crippen LogP contribution >= 0.6 is 0 Å². The predicted molar refractivity (Wildman–Crippen MR) is 324 cm³/mol. The third-order valence-corrected chi connectivity index (χ3v) is 18.0. The van der Waals surface area contributed by atoms with Crippen LogP contribution in [0.4, 0.5) is 34.1 Å². The van der Waals surface area contributed by atoms with Gasteiger partial charge in [-0.2, -0.15) is 0 Å². The average molecular weight is 977 g/mol. The maximum absolute atomic E-state index is 2.62. The second kappa shape index (κ2) is 16.4. The molecular formula is C70H52N4Si. The Morgan fingerprint density at radius 1 is 0.320 bits per heavy atom. The minimum absolute atomic E-state index is 1.13. The van der Waals surface area contributed by atoms with Crippen molar-refractivity contribution < 1.29 is 0 Å². The Labute approximate surface area is 436 Å². The van der Waals surface area contributed by atoms with Gasteiger partial charge in [0.05, 0.1) is 41.2 Å². The van der Waals surface area contributed by atoms with Crippen LogP contribution in [0.2, 0.25) is 19.6 Å². The van der Waals surface area contributed by atoms with Gasteiger partial charge >= 0.3 is 0 Å². The van der Waals surface area contributed by atoms with Crippen molar-refractivity contribution in [2.24, 2.45) is 0 Å². The molecule has 75 heavy (non-hydrogen) atoms. The van der Waals surface area contributed by atoms with Gasteiger partial charge in [-0.3, -0.25) is 0 Å². The lowest BCUT2D eigenvalue weighted by Gasteiger charge is -2.31. The Balaban J connectivity index is 1.08. The molecule has 0 saturated carbocycles. The van der Waals surface area contributed by atoms with Crippen molar-refractivity contribution in [1.82, 2.24) is 8.80 Å². The number of fused-ring (bicyclic) bond motifs is 12. The van der Waals surface area contributed by atoms with E-state index in [1.807, 2.05) is 0 Å². The fourth-order valence-corrected chi connectivity index (χ4v) is 14.4. The summed E-state index contributed by atoms with van der Waals surface area (Å²) in [5.41, 5.74) is 20.5. The van der Waals surface area contributed by atoms with Crippen molar-refractivity contribution in [2.45, 2.75) is 26.6 Å². The van der Waals surface area contributed by atoms with Gasteiger partial charge in [-0.25, -0.2) is 0 Å². The van der Waals surface area contributed by atoms with Crippen molar-refractivity contribution in [3.63, 3.8) is 0 Å². The Bertz CT molecular complexity index is 4690. The number of aryl methyl sites for hydroxylation is 1. The predicted octanol–water partition coefficient (Wildman–Crippen LogP) is 19.1. The van der Waals surface area contributed by atoms with Crippen LogP contribution in [0.1, 0.15) is 5.56 Å². The van der Waals surface area contributed by atoms with Crippen molar-refractivity contribution in [3.05, 3.63) is 248 Å². The van der Waals surface area contributed by atoms with E-state index in [1.54, 1.807) is 0 Å². The summed E-state index contributed by atoms with van der Waals surface area (Å²) in [5.74, 6) is 0. The van der Waals surface area contributed by atoms with E-state index in [1.165, 1.54) is 121 Å². The molecule has 4 nitrogen and oxygen atoms in total. The Kier molecular flexibility index (Phi) is 9.51. The average Bonchev–Trinajstić information content (AvgIpc) is 4.26. The van der Waals surface area contributed by atoms with Crippen LogP contribution in [0.15, 0.2) is 243 Å². The highest BCUT2D eigenvalue weighted by Gasteiger charge is 2.32. The monoisotopic (exact) mass is 976 g/mol. The molecule has 5 heteroatoms. The van der Waals surface area contributed by atoms with E-state index >= 15 is 0 Å². The van der Waals surface area contributed by atoms with Gasteiger partial charge in [0.2, 0.25) is 0 Å². The normalized spacial score (nSPS) is 12.3. The molecule has 0 N–H and O–H groups in total. The van der Waals surface area contributed by atoms with Crippen molar-refractivity contribution in [1.29, 1.82) is 0 Å². The highest BCUT2D eigenvalue weighted by atomic mass is 28.3. The summed E-state index contributed by atoms with van der Waals surface area (Å²) in [4.78, 5) is 4.89. The highest BCUT2D eigenvalue weighted by molar-refractivity contribution is 6.89. The Morgan fingerprint density at radius 2 is 0.720 bits per heavy atom. The topological polar surface area (TPSA) is 15.3 Å². The summed E-state index contributed by atoms with van der Waals surface area (Å²) in [7, 11) is -1.75. The molecule has 15 rings (SSSR count). The van der Waals surface area contributed by atoms with Gasteiger partial charge in [-0.15, -0.1) is 0 Å². The third kappa shape index (κ3) is 6.35. The Hall–Kier alpha value is -9.16. The fourth-order valence-electron chi connectivity index (χ4n) is 12.9. The molecule has 4 aromatic heterocycles. The van der Waals surface area contributed by atoms with Crippen LogP contribution in [0.3, 0.4) is 0 Å². The third-order valence-electron chi connectivity index (χ3n) is 16.0. The minimum atomic E-state index is -1.75. The zero-order chi connectivity index (χ0) is 50.1. The number of anilines is 6. The molecule has 356 valence electrons. The first-order valence-electron chi connectivity index (χ1n) is 26.2. The molecule has 0 amide bonds. The number of hydrogen-bond acceptors (Lipinski definition) is 2. The molecule has 0 spiro atoms. The fraction of sp³-hybridized carbons (Fsp3) is 0.0571. The molecule has 4 heterocycles. The zero-order valence-electron chi connectivity index (χ0n) is 42.4. The molecule has 0 aliphatic carbocycles. The quantitative estimate of drug-likeness (QED) is 0.134. The molecule has 0 atom stereocenters. The first-order valence-corrected chi connectivity index (χ1v) is 29.7. The van der Waals surface area contributed by atoms with Gasteiger partial charge in [0, 0.05) is 88.3 Å². The summed E-state index contributed by atoms with van der Waals surface area (Å²) in [5, 5.41) is 11.5. The van der Waals surface area contributed by atoms with E-state index in [-0.39, 0.29) is 0 Å². The molecule has 0 radical (unpaired) electrons. The lowest BCUT2D eigenvalue weighted by Crippen LogP contribution is -2.40. The molecule has 0 unspecified atom stereocenters. The van der Waals surface area contributed by atoms with Gasteiger partial charge in [0.25, 0.3) is 0 Å². The summed E-state index contributed by atoms with van der Waals surface area (Å²) in [6.45, 7) is 9.55. The van der Waals surface area contributed by atoms with Crippen LogP contribution in [-0.2, 0) is 0 Å². The molecule has 0 aliphatic rings. The standard InChI is InChI=1S/C70H52N4Si/c1-45-23-17-18-36-58(45)71(48-28-13-7-14-29-48)50-39-41-59-56(43-50)52-32-21-34-54-65-64(47-26-11-6-12-27-47)70-66(63(46-24-9-5-10-25-46)69(65)73(59)67(52)54)55-35-22-33-53-57-44-51(40-42-60(57)74(70)68(53)55)72(49-30-15-8-16-31-49)61-37-19-20-38-62(61)75(2,3)4/h5-44H,1-4H3. The molecule has 0 saturated heterocycles. The van der Waals surface area contributed by atoms with Gasteiger partial charge < -0.3 is 18.6 Å². The molecule has 15 aromatic rings. The largest absolute Gasteiger partial charge is 0.311 e. The van der Waals surface area contributed by atoms with Crippen LogP contribution < -0.4 is 15.0 Å². The number of aromatic nitrogens is 2. The van der Waals surface area contributed by atoms with Gasteiger partial charge in [-0.1, -0.05) is 189 Å². The van der Waals surface area contributed by atoms with Crippen LogP contribution in [0, 0.1) is 6.92 Å². The molecular weight excluding hydrogens is 925 g/mol. The number of hydrogen-bond donors (Lipinski definition) is 0. The number of para-hydroxylation sites is 6. The minimum Gasteiger partial charge on any atom is -0.311 e. The summed E-state index contributed by atoms with van der Waals surface area (Å²) in [6, 6.07) is 90.1. The van der Waals surface area contributed by atoms with E-state index in [0.29, 0.717) is 0 Å². The second-order valence-corrected chi connectivity index (χ2v) is 26.3. The van der Waals surface area contributed by atoms with E-state index in [9.17, 15) is 0 Å². The molecule has 0 bridgehead atoms. The van der Waals surface area contributed by atoms with Crippen LogP contribution in [0.25, 0.3) is 98.4 Å². The van der Waals surface area contributed by atoms with Gasteiger partial charge in [-0.05, 0) is 102 Å². The van der Waals surface area contributed by atoms with Gasteiger partial charge in [0.1, 0.15) is 0 Å². The second-order valence-electron chi connectivity index (χ2n) is 21.3. The smallest absolute Gasteiger partial charge is 0.0803 e. The van der Waals surface area contributed by atoms with Crippen molar-refractivity contribution in [2.75, 3.05) is 9.80 Å². The summed E-state index contributed by atoms with van der Waals surface area (Å²) < 4.78 is 5.24. The SMILES string of the molecule is Cc1ccccc1N(c1ccccc1)c1ccc2c(c1)c1cccc3c4c(-c5ccccc5)c5c(c(-c6ccccc6)c4n2c13)c1cccc2c3cc(N(c4ccccc4)c4ccccc4[Si](C)(C)C)ccc3n5c21. The Morgan fingerprint density at radius 3 is 1.19 bits per heavy atom. The molecule has 0 fully saturated rings. The zero-order valence-corrected chi connectivity index (χ0v) is 43.4. The van der Waals surface area contributed by atoms with E-state index in [2.05, 4.69) is 288 Å². The number of nitrogens with zero attached hydrogens (tertiary/aromatic N) is 4. The van der Waals surface area contributed by atoms with Crippen LogP contribution in [-0.4, -0.2) is 16.9 Å². The lowest BCUT2D eigenvalue weighted by molar-refractivity contribution is 1.25. The van der Waals surface area contributed by atoms with E-state index in [4.69, 9.17) is 0 Å². The maximum Gasteiger partial charge on any atom is 0.0803 e. The van der Waals surface area contributed by atoms with E-state index in [0.717, 1.165) is 22.7 Å². The van der Waals surface area contributed by atoms with Crippen molar-refractivity contribution >= 4 is 124 Å². The van der Waals surface area contributed by atoms with Crippen molar-refractivity contribution in [3.8, 4) is 22.3 Å².